The van der Waals surface area contributed by atoms with Crippen LogP contribution >= 0.6 is 0 Å². The topological polar surface area (TPSA) is 75.7 Å². The highest BCUT2D eigenvalue weighted by atomic mass is 16.5. The molecule has 1 rings (SSSR count). The fourth-order valence-electron chi connectivity index (χ4n) is 1.62. The van der Waals surface area contributed by atoms with Gasteiger partial charge in [0.05, 0.1) is 6.61 Å². The van der Waals surface area contributed by atoms with E-state index >= 15 is 0 Å². The monoisotopic (exact) mass is 228 g/mol. The van der Waals surface area contributed by atoms with E-state index in [1.54, 1.807) is 6.92 Å². The Bertz CT molecular complexity index is 303. The van der Waals surface area contributed by atoms with Crippen molar-refractivity contribution in [1.82, 2.24) is 10.2 Å². The minimum atomic E-state index is -0.828. The van der Waals surface area contributed by atoms with Gasteiger partial charge < -0.3 is 15.0 Å². The molecule has 0 bridgehead atoms. The number of amides is 2. The van der Waals surface area contributed by atoms with Crippen LogP contribution in [0.25, 0.3) is 0 Å². The number of ketones is 1. The third-order valence-corrected chi connectivity index (χ3v) is 2.49. The minimum absolute atomic E-state index is 0.108. The van der Waals surface area contributed by atoms with Crippen LogP contribution in [0.4, 0.5) is 4.79 Å². The number of Topliss-reactive ketones (excluding diaryl/α,β-unsaturated/α-hetero) is 1. The van der Waals surface area contributed by atoms with Gasteiger partial charge in [-0.2, -0.15) is 0 Å². The Balaban J connectivity index is 2.65. The SMILES string of the molecule is CCOC(=O)[C@@H]1CN(C(=O)NC)CCC1=O. The lowest BCUT2D eigenvalue weighted by Crippen LogP contribution is -2.49. The van der Waals surface area contributed by atoms with Gasteiger partial charge in [0.25, 0.3) is 0 Å². The van der Waals surface area contributed by atoms with E-state index in [1.165, 1.54) is 11.9 Å². The number of piperidine rings is 1. The number of carbonyl (C=O) groups excluding carboxylic acids is 3. The molecule has 0 aromatic carbocycles. The molecule has 90 valence electrons. The van der Waals surface area contributed by atoms with Crippen LogP contribution in [0.2, 0.25) is 0 Å². The van der Waals surface area contributed by atoms with Gasteiger partial charge >= 0.3 is 12.0 Å². The van der Waals surface area contributed by atoms with Crippen molar-refractivity contribution in [3.8, 4) is 0 Å². The van der Waals surface area contributed by atoms with Gasteiger partial charge in [-0.1, -0.05) is 0 Å². The van der Waals surface area contributed by atoms with Gasteiger partial charge in [0.2, 0.25) is 0 Å². The molecule has 0 aromatic rings. The van der Waals surface area contributed by atoms with Crippen molar-refractivity contribution in [1.29, 1.82) is 0 Å². The van der Waals surface area contributed by atoms with Gasteiger partial charge in [-0.05, 0) is 6.92 Å². The summed E-state index contributed by atoms with van der Waals surface area (Å²) < 4.78 is 4.80. The van der Waals surface area contributed by atoms with Crippen LogP contribution in [0.15, 0.2) is 0 Å². The summed E-state index contributed by atoms with van der Waals surface area (Å²) in [4.78, 5) is 35.8. The zero-order valence-electron chi connectivity index (χ0n) is 9.49. The number of esters is 1. The van der Waals surface area contributed by atoms with Crippen molar-refractivity contribution in [2.75, 3.05) is 26.7 Å². The molecule has 0 unspecified atom stereocenters. The molecule has 0 aromatic heterocycles. The van der Waals surface area contributed by atoms with E-state index in [9.17, 15) is 14.4 Å². The molecule has 1 N–H and O–H groups in total. The lowest BCUT2D eigenvalue weighted by Gasteiger charge is -2.30. The summed E-state index contributed by atoms with van der Waals surface area (Å²) in [6, 6.07) is -0.276. The lowest BCUT2D eigenvalue weighted by molar-refractivity contribution is -0.153. The Morgan fingerprint density at radius 2 is 2.25 bits per heavy atom. The molecule has 6 heteroatoms. The number of urea groups is 1. The van der Waals surface area contributed by atoms with E-state index in [0.717, 1.165) is 0 Å². The maximum atomic E-state index is 11.5. The quantitative estimate of drug-likeness (QED) is 0.523. The van der Waals surface area contributed by atoms with Gasteiger partial charge in [-0.3, -0.25) is 9.59 Å². The Kier molecular flexibility index (Phi) is 4.28. The van der Waals surface area contributed by atoms with E-state index in [1.807, 2.05) is 0 Å². The molecular weight excluding hydrogens is 212 g/mol. The van der Waals surface area contributed by atoms with Gasteiger partial charge in [0.15, 0.2) is 5.78 Å². The molecule has 1 aliphatic heterocycles. The Morgan fingerprint density at radius 3 is 2.81 bits per heavy atom. The van der Waals surface area contributed by atoms with Gasteiger partial charge in [0.1, 0.15) is 5.92 Å². The predicted octanol–water partition coefficient (Wildman–Crippen LogP) is -0.220. The Hall–Kier alpha value is -1.59. The van der Waals surface area contributed by atoms with Gasteiger partial charge in [-0.15, -0.1) is 0 Å². The number of nitrogens with zero attached hydrogens (tertiary/aromatic N) is 1. The first-order valence-corrected chi connectivity index (χ1v) is 5.26. The fraction of sp³-hybridized carbons (Fsp3) is 0.700. The van der Waals surface area contributed by atoms with Crippen molar-refractivity contribution in [3.05, 3.63) is 0 Å². The maximum absolute atomic E-state index is 11.5. The molecule has 0 radical (unpaired) electrons. The summed E-state index contributed by atoms with van der Waals surface area (Å²) in [5.41, 5.74) is 0. The van der Waals surface area contributed by atoms with Crippen molar-refractivity contribution < 1.29 is 19.1 Å². The van der Waals surface area contributed by atoms with E-state index in [0.29, 0.717) is 6.54 Å². The van der Waals surface area contributed by atoms with Crippen LogP contribution in [0.5, 0.6) is 0 Å². The first-order valence-electron chi connectivity index (χ1n) is 5.26. The molecule has 0 saturated carbocycles. The second-order valence-electron chi connectivity index (χ2n) is 3.52. The van der Waals surface area contributed by atoms with E-state index in [-0.39, 0.29) is 31.4 Å². The third-order valence-electron chi connectivity index (χ3n) is 2.49. The summed E-state index contributed by atoms with van der Waals surface area (Å²) in [5.74, 6) is -1.52. The average Bonchev–Trinajstić information content (AvgIpc) is 2.29. The summed E-state index contributed by atoms with van der Waals surface area (Å²) in [6.07, 6.45) is 0.205. The van der Waals surface area contributed by atoms with Gasteiger partial charge in [0, 0.05) is 26.6 Å². The zero-order valence-corrected chi connectivity index (χ0v) is 9.49. The number of likely N-dealkylation sites (tertiary alicyclic amines) is 1. The van der Waals surface area contributed by atoms with E-state index < -0.39 is 11.9 Å². The molecular formula is C10H16N2O4. The molecule has 1 heterocycles. The number of nitrogens with one attached hydrogen (secondary N) is 1. The van der Waals surface area contributed by atoms with Crippen molar-refractivity contribution in [3.63, 3.8) is 0 Å². The molecule has 1 fully saturated rings. The van der Waals surface area contributed by atoms with E-state index in [2.05, 4.69) is 5.32 Å². The van der Waals surface area contributed by atoms with Crippen molar-refractivity contribution >= 4 is 17.8 Å². The second kappa shape index (κ2) is 5.48. The molecule has 1 atom stereocenters. The summed E-state index contributed by atoms with van der Waals surface area (Å²) in [7, 11) is 1.51. The van der Waals surface area contributed by atoms with Crippen LogP contribution in [-0.2, 0) is 14.3 Å². The number of rotatable bonds is 2. The lowest BCUT2D eigenvalue weighted by atomic mass is 9.97. The normalized spacial score (nSPS) is 20.5. The number of hydrogen-bond donors (Lipinski definition) is 1. The van der Waals surface area contributed by atoms with Crippen LogP contribution < -0.4 is 5.32 Å². The second-order valence-corrected chi connectivity index (χ2v) is 3.52. The van der Waals surface area contributed by atoms with Crippen LogP contribution in [0.3, 0.4) is 0 Å². The first kappa shape index (κ1) is 12.5. The third kappa shape index (κ3) is 2.71. The number of hydrogen-bond acceptors (Lipinski definition) is 4. The highest BCUT2D eigenvalue weighted by Crippen LogP contribution is 2.14. The molecule has 0 spiro atoms. The predicted molar refractivity (Wildman–Crippen MR) is 55.8 cm³/mol. The van der Waals surface area contributed by atoms with Crippen molar-refractivity contribution in [2.45, 2.75) is 13.3 Å². The largest absolute Gasteiger partial charge is 0.465 e. The highest BCUT2D eigenvalue weighted by molar-refractivity contribution is 6.00. The molecule has 2 amide bonds. The summed E-state index contributed by atoms with van der Waals surface area (Å²) in [5, 5.41) is 2.46. The molecule has 0 aliphatic carbocycles. The fourth-order valence-corrected chi connectivity index (χ4v) is 1.62. The minimum Gasteiger partial charge on any atom is -0.465 e. The molecule has 1 saturated heterocycles. The van der Waals surface area contributed by atoms with Crippen LogP contribution in [0.1, 0.15) is 13.3 Å². The molecule has 16 heavy (non-hydrogen) atoms. The number of carbonyl (C=O) groups is 3. The van der Waals surface area contributed by atoms with E-state index in [4.69, 9.17) is 4.74 Å². The smallest absolute Gasteiger partial charge is 0.318 e. The highest BCUT2D eigenvalue weighted by Gasteiger charge is 2.35. The molecule has 6 nitrogen and oxygen atoms in total. The molecule has 1 aliphatic rings. The maximum Gasteiger partial charge on any atom is 0.318 e. The van der Waals surface area contributed by atoms with Gasteiger partial charge in [-0.25, -0.2) is 4.79 Å². The standard InChI is InChI=1S/C10H16N2O4/c1-3-16-9(14)7-6-12(10(15)11-2)5-4-8(7)13/h7H,3-6H2,1-2H3,(H,11,15)/t7-/m1/s1. The number of ether oxygens (including phenoxy) is 1. The Morgan fingerprint density at radius 1 is 1.56 bits per heavy atom. The van der Waals surface area contributed by atoms with Crippen LogP contribution in [-0.4, -0.2) is 49.4 Å². The van der Waals surface area contributed by atoms with Crippen LogP contribution in [0, 0.1) is 5.92 Å². The summed E-state index contributed by atoms with van der Waals surface area (Å²) >= 11 is 0. The Labute approximate surface area is 93.9 Å². The first-order chi connectivity index (χ1) is 7.60. The average molecular weight is 228 g/mol. The zero-order chi connectivity index (χ0) is 12.1. The summed E-state index contributed by atoms with van der Waals surface area (Å²) in [6.45, 7) is 2.38. The van der Waals surface area contributed by atoms with Crippen molar-refractivity contribution in [2.24, 2.45) is 5.92 Å².